The Morgan fingerprint density at radius 2 is 1.74 bits per heavy atom. The number of rotatable bonds is 11. The molecule has 1 aliphatic heterocycles. The Balaban J connectivity index is 1.49. The van der Waals surface area contributed by atoms with Crippen molar-refractivity contribution in [2.45, 2.75) is 19.4 Å². The summed E-state index contributed by atoms with van der Waals surface area (Å²) in [5, 5.41) is 26.7. The summed E-state index contributed by atoms with van der Waals surface area (Å²) in [5.74, 6) is -4.31. The number of aromatic amines is 1. The molecule has 0 saturated carbocycles. The number of aliphatic imine (C=N–C) groups is 1. The van der Waals surface area contributed by atoms with E-state index in [1.54, 1.807) is 0 Å². The van der Waals surface area contributed by atoms with Gasteiger partial charge in [0.05, 0.1) is 42.7 Å². The van der Waals surface area contributed by atoms with Gasteiger partial charge in [0, 0.05) is 28.7 Å². The maximum atomic E-state index is 13.4. The first-order valence-electron chi connectivity index (χ1n) is 12.2. The van der Waals surface area contributed by atoms with Gasteiger partial charge in [-0.15, -0.1) is 0 Å². The molecule has 1 aromatic heterocycles. The minimum absolute atomic E-state index is 0.0397. The van der Waals surface area contributed by atoms with E-state index in [1.807, 2.05) is 0 Å². The van der Waals surface area contributed by atoms with Gasteiger partial charge in [-0.05, 0) is 24.3 Å². The predicted octanol–water partition coefficient (Wildman–Crippen LogP) is 2.45. The molecule has 0 fully saturated rings. The number of fused-ring (bicyclic) bond motifs is 1. The minimum Gasteiger partial charge on any atom is -0.478 e. The van der Waals surface area contributed by atoms with Gasteiger partial charge in [-0.25, -0.2) is 14.2 Å². The summed E-state index contributed by atoms with van der Waals surface area (Å²) in [5.41, 5.74) is 0.0724. The summed E-state index contributed by atoms with van der Waals surface area (Å²) < 4.78 is 72.8. The van der Waals surface area contributed by atoms with Crippen molar-refractivity contribution in [3.05, 3.63) is 53.7 Å². The Morgan fingerprint density at radius 3 is 2.35 bits per heavy atom. The zero-order valence-corrected chi connectivity index (χ0v) is 21.7. The number of halogens is 5. The van der Waals surface area contributed by atoms with Gasteiger partial charge >= 0.3 is 19.2 Å². The fourth-order valence-electron chi connectivity index (χ4n) is 3.86. The van der Waals surface area contributed by atoms with Crippen molar-refractivity contribution in [2.24, 2.45) is 4.99 Å². The molecule has 0 radical (unpaired) electrons. The number of benzene rings is 2. The largest absolute Gasteiger partial charge is 0.478 e. The quantitative estimate of drug-likeness (QED) is 0.140. The van der Waals surface area contributed by atoms with Crippen LogP contribution in [0.4, 0.5) is 27.6 Å². The monoisotopic (exact) mass is 611 g/mol. The SMILES string of the molecule is O=C(O)/C=C(/NC(=O)CNC(=O)c1cc(NC2=NCC(F)CN2)c2cn[nH]c2c1)c1cc(OC(F)F)cc(OC(F)F)c1. The molecule has 13 nitrogen and oxygen atoms in total. The van der Waals surface area contributed by atoms with E-state index in [0.29, 0.717) is 22.7 Å². The second-order valence-electron chi connectivity index (χ2n) is 8.72. The lowest BCUT2D eigenvalue weighted by Gasteiger charge is -2.19. The van der Waals surface area contributed by atoms with E-state index in [0.717, 1.165) is 18.2 Å². The minimum atomic E-state index is -3.35. The molecule has 0 saturated heterocycles. The van der Waals surface area contributed by atoms with Crippen LogP contribution in [-0.2, 0) is 9.59 Å². The van der Waals surface area contributed by atoms with Crippen molar-refractivity contribution >= 4 is 46.0 Å². The van der Waals surface area contributed by atoms with Gasteiger partial charge in [0.25, 0.3) is 5.91 Å². The fraction of sp³-hybridized carbons (Fsp3) is 0.240. The number of H-pyrrole nitrogens is 1. The van der Waals surface area contributed by atoms with E-state index in [-0.39, 0.29) is 30.2 Å². The van der Waals surface area contributed by atoms with E-state index in [2.05, 4.69) is 45.9 Å². The van der Waals surface area contributed by atoms with Gasteiger partial charge in [0.15, 0.2) is 5.96 Å². The van der Waals surface area contributed by atoms with Crippen molar-refractivity contribution in [2.75, 3.05) is 25.0 Å². The number of aliphatic carboxylic acids is 1. The molecule has 1 atom stereocenters. The highest BCUT2D eigenvalue weighted by molar-refractivity contribution is 6.07. The molecule has 4 rings (SSSR count). The number of anilines is 1. The van der Waals surface area contributed by atoms with E-state index in [1.165, 1.54) is 18.3 Å². The number of aromatic nitrogens is 2. The van der Waals surface area contributed by atoms with Crippen LogP contribution in [0.25, 0.3) is 16.6 Å². The average Bonchev–Trinajstić information content (AvgIpc) is 3.41. The Labute approximate surface area is 238 Å². The number of carboxylic acid groups (broad SMARTS) is 1. The summed E-state index contributed by atoms with van der Waals surface area (Å²) in [7, 11) is 0. The normalized spacial score (nSPS) is 15.1. The van der Waals surface area contributed by atoms with Crippen LogP contribution in [0, 0.1) is 0 Å². The number of hydrogen-bond acceptors (Lipinski definition) is 9. The van der Waals surface area contributed by atoms with Gasteiger partial charge in [-0.2, -0.15) is 22.7 Å². The summed E-state index contributed by atoms with van der Waals surface area (Å²) in [6.45, 7) is -7.41. The number of nitrogens with zero attached hydrogens (tertiary/aromatic N) is 2. The van der Waals surface area contributed by atoms with Gasteiger partial charge in [0.1, 0.15) is 17.7 Å². The van der Waals surface area contributed by atoms with Crippen LogP contribution >= 0.6 is 0 Å². The molecule has 2 heterocycles. The molecule has 2 aromatic carbocycles. The Bertz CT molecular complexity index is 1550. The number of hydrogen-bond donors (Lipinski definition) is 6. The topological polar surface area (TPSA) is 179 Å². The van der Waals surface area contributed by atoms with Gasteiger partial charge in [-0.1, -0.05) is 0 Å². The highest BCUT2D eigenvalue weighted by Crippen LogP contribution is 2.29. The Kier molecular flexibility index (Phi) is 9.58. The number of alkyl halides is 5. The number of carbonyl (C=O) groups excluding carboxylic acids is 2. The number of carbonyl (C=O) groups is 3. The molecule has 1 unspecified atom stereocenters. The number of amides is 2. The molecular formula is C25H22F5N7O6. The van der Waals surface area contributed by atoms with Crippen LogP contribution in [0.2, 0.25) is 0 Å². The van der Waals surface area contributed by atoms with E-state index < -0.39 is 60.9 Å². The summed E-state index contributed by atoms with van der Waals surface area (Å²) in [4.78, 5) is 41.0. The third-order valence-electron chi connectivity index (χ3n) is 5.61. The zero-order valence-electron chi connectivity index (χ0n) is 21.7. The van der Waals surface area contributed by atoms with Gasteiger partial charge < -0.3 is 35.8 Å². The van der Waals surface area contributed by atoms with Crippen LogP contribution in [0.3, 0.4) is 0 Å². The molecule has 0 bridgehead atoms. The highest BCUT2D eigenvalue weighted by atomic mass is 19.3. The highest BCUT2D eigenvalue weighted by Gasteiger charge is 2.19. The van der Waals surface area contributed by atoms with Crippen molar-refractivity contribution in [3.8, 4) is 11.5 Å². The molecule has 228 valence electrons. The maximum Gasteiger partial charge on any atom is 0.387 e. The summed E-state index contributed by atoms with van der Waals surface area (Å²) >= 11 is 0. The first kappa shape index (κ1) is 30.5. The molecule has 1 aliphatic rings. The van der Waals surface area contributed by atoms with Crippen molar-refractivity contribution in [1.29, 1.82) is 0 Å². The molecule has 3 aromatic rings. The molecular weight excluding hydrogens is 589 g/mol. The number of nitrogens with one attached hydrogen (secondary N) is 5. The third-order valence-corrected chi connectivity index (χ3v) is 5.61. The first-order chi connectivity index (χ1) is 20.5. The lowest BCUT2D eigenvalue weighted by molar-refractivity contribution is -0.131. The molecule has 0 aliphatic carbocycles. The number of guanidine groups is 1. The van der Waals surface area contributed by atoms with Crippen LogP contribution in [0.1, 0.15) is 15.9 Å². The number of ether oxygens (including phenoxy) is 2. The predicted molar refractivity (Wildman–Crippen MR) is 141 cm³/mol. The lowest BCUT2D eigenvalue weighted by Crippen LogP contribution is -2.41. The van der Waals surface area contributed by atoms with Gasteiger partial charge in [-0.3, -0.25) is 14.7 Å². The maximum absolute atomic E-state index is 13.4. The molecule has 43 heavy (non-hydrogen) atoms. The molecule has 0 spiro atoms. The van der Waals surface area contributed by atoms with Crippen LogP contribution in [0.5, 0.6) is 11.5 Å². The van der Waals surface area contributed by atoms with Crippen LogP contribution < -0.4 is 30.7 Å². The smallest absolute Gasteiger partial charge is 0.387 e. The average molecular weight is 611 g/mol. The van der Waals surface area contributed by atoms with Crippen LogP contribution in [0.15, 0.2) is 47.6 Å². The van der Waals surface area contributed by atoms with E-state index >= 15 is 0 Å². The molecule has 18 heteroatoms. The second kappa shape index (κ2) is 13.5. The molecule has 2 amide bonds. The second-order valence-corrected chi connectivity index (χ2v) is 8.72. The summed E-state index contributed by atoms with van der Waals surface area (Å²) in [6.07, 6.45) is 0.824. The van der Waals surface area contributed by atoms with E-state index in [4.69, 9.17) is 0 Å². The van der Waals surface area contributed by atoms with Gasteiger partial charge in [0.2, 0.25) is 5.91 Å². The first-order valence-corrected chi connectivity index (χ1v) is 12.2. The van der Waals surface area contributed by atoms with E-state index in [9.17, 15) is 41.4 Å². The summed E-state index contributed by atoms with van der Waals surface area (Å²) in [6, 6.07) is 5.34. The Morgan fingerprint density at radius 1 is 1.05 bits per heavy atom. The van der Waals surface area contributed by atoms with Crippen molar-refractivity contribution in [1.82, 2.24) is 26.1 Å². The van der Waals surface area contributed by atoms with Crippen molar-refractivity contribution < 1.29 is 50.9 Å². The third kappa shape index (κ3) is 8.54. The number of carboxylic acids is 1. The van der Waals surface area contributed by atoms with Crippen LogP contribution in [-0.4, -0.2) is 78.1 Å². The Hall–Kier alpha value is -5.42. The molecule has 6 N–H and O–H groups in total. The zero-order chi connectivity index (χ0) is 31.1. The van der Waals surface area contributed by atoms with Crippen molar-refractivity contribution in [3.63, 3.8) is 0 Å². The fourth-order valence-corrected chi connectivity index (χ4v) is 3.86. The standard InChI is InChI=1S/C25H22F5N7O6/c26-13-7-32-25(33-8-13)36-18-3-12(4-19-16(18)9-34-37-19)22(41)31-10-20(38)35-17(6-21(39)40)11-1-14(42-23(27)28)5-15(2-11)43-24(29)30/h1-6,9,13,23-24H,7-8,10H2,(H,31,41)(H,34,37)(H,35,38)(H,39,40)(H2,32,33,36)/b17-6+. The lowest BCUT2D eigenvalue weighted by atomic mass is 10.1.